The van der Waals surface area contributed by atoms with Crippen LogP contribution in [0.2, 0.25) is 5.02 Å². The average Bonchev–Trinajstić information content (AvgIpc) is 2.85. The maximum Gasteiger partial charge on any atom is 0.295 e. The summed E-state index contributed by atoms with van der Waals surface area (Å²) >= 11 is 11.2. The Labute approximate surface area is 162 Å². The summed E-state index contributed by atoms with van der Waals surface area (Å²) < 4.78 is 3.42. The second-order valence-electron chi connectivity index (χ2n) is 5.87. The van der Waals surface area contributed by atoms with Crippen molar-refractivity contribution in [2.75, 3.05) is 5.32 Å². The van der Waals surface area contributed by atoms with Crippen molar-refractivity contribution in [2.45, 2.75) is 13.5 Å². The standard InChI is InChI=1S/C19H19ClN4OS/c1-13-17(18(25)24(23(13)2)16-6-4-3-5-7-16)22-19(26)21-12-14-8-10-15(20)11-9-14/h3-11H,12H2,1-2H3,(H2,21,22,26). The number of aromatic nitrogens is 2. The summed E-state index contributed by atoms with van der Waals surface area (Å²) in [7, 11) is 1.85. The smallest absolute Gasteiger partial charge is 0.295 e. The normalized spacial score (nSPS) is 10.6. The van der Waals surface area contributed by atoms with Gasteiger partial charge < -0.3 is 10.6 Å². The number of hydrogen-bond donors (Lipinski definition) is 2. The topological polar surface area (TPSA) is 51.0 Å². The lowest BCUT2D eigenvalue weighted by atomic mass is 10.2. The summed E-state index contributed by atoms with van der Waals surface area (Å²) in [6, 6.07) is 17.0. The van der Waals surface area contributed by atoms with Crippen molar-refractivity contribution in [3.63, 3.8) is 0 Å². The van der Waals surface area contributed by atoms with Gasteiger partial charge >= 0.3 is 0 Å². The number of thiocarbonyl (C=S) groups is 1. The van der Waals surface area contributed by atoms with E-state index >= 15 is 0 Å². The third-order valence-electron chi connectivity index (χ3n) is 4.16. The SMILES string of the molecule is Cc1c(NC(=S)NCc2ccc(Cl)cc2)c(=O)n(-c2ccccc2)n1C. The molecule has 0 aliphatic heterocycles. The molecule has 0 atom stereocenters. The van der Waals surface area contributed by atoms with Crippen molar-refractivity contribution in [2.24, 2.45) is 7.05 Å². The predicted molar refractivity (Wildman–Crippen MR) is 110 cm³/mol. The third-order valence-corrected chi connectivity index (χ3v) is 4.66. The van der Waals surface area contributed by atoms with E-state index in [0.717, 1.165) is 16.9 Å². The zero-order valence-electron chi connectivity index (χ0n) is 14.5. The van der Waals surface area contributed by atoms with Crippen LogP contribution in [0.25, 0.3) is 5.69 Å². The fraction of sp³-hybridized carbons (Fsp3) is 0.158. The van der Waals surface area contributed by atoms with Gasteiger partial charge in [0.05, 0.1) is 11.4 Å². The first-order chi connectivity index (χ1) is 12.5. The van der Waals surface area contributed by atoms with Gasteiger partial charge in [0.2, 0.25) is 0 Å². The quantitative estimate of drug-likeness (QED) is 0.672. The predicted octanol–water partition coefficient (Wildman–Crippen LogP) is 3.62. The second kappa shape index (κ2) is 7.76. The Hall–Kier alpha value is -2.57. The van der Waals surface area contributed by atoms with Crippen molar-refractivity contribution in [3.8, 4) is 5.69 Å². The molecule has 134 valence electrons. The highest BCUT2D eigenvalue weighted by molar-refractivity contribution is 7.80. The molecule has 0 fully saturated rings. The lowest BCUT2D eigenvalue weighted by molar-refractivity contribution is 0.630. The van der Waals surface area contributed by atoms with Gasteiger partial charge in [-0.15, -0.1) is 0 Å². The first-order valence-corrected chi connectivity index (χ1v) is 8.89. The molecule has 2 N–H and O–H groups in total. The maximum absolute atomic E-state index is 12.8. The van der Waals surface area contributed by atoms with Crippen LogP contribution in [0.4, 0.5) is 5.69 Å². The van der Waals surface area contributed by atoms with Gasteiger partial charge in [0.25, 0.3) is 5.56 Å². The summed E-state index contributed by atoms with van der Waals surface area (Å²) in [6.07, 6.45) is 0. The fourth-order valence-electron chi connectivity index (χ4n) is 2.65. The van der Waals surface area contributed by atoms with Gasteiger partial charge in [-0.25, -0.2) is 4.68 Å². The van der Waals surface area contributed by atoms with E-state index in [1.54, 1.807) is 4.68 Å². The number of anilines is 1. The summed E-state index contributed by atoms with van der Waals surface area (Å²) in [5.41, 5.74) is 2.97. The summed E-state index contributed by atoms with van der Waals surface area (Å²) in [4.78, 5) is 12.8. The summed E-state index contributed by atoms with van der Waals surface area (Å²) in [5.74, 6) is 0. The Bertz CT molecular complexity index is 977. The molecule has 0 unspecified atom stereocenters. The van der Waals surface area contributed by atoms with Gasteiger partial charge in [-0.3, -0.25) is 9.48 Å². The lowest BCUT2D eigenvalue weighted by Gasteiger charge is -2.09. The number of hydrogen-bond acceptors (Lipinski definition) is 2. The summed E-state index contributed by atoms with van der Waals surface area (Å²) in [5, 5.41) is 7.23. The van der Waals surface area contributed by atoms with Gasteiger partial charge in [-0.1, -0.05) is 41.9 Å². The lowest BCUT2D eigenvalue weighted by Crippen LogP contribution is -2.30. The van der Waals surface area contributed by atoms with E-state index in [-0.39, 0.29) is 5.56 Å². The fourth-order valence-corrected chi connectivity index (χ4v) is 2.95. The zero-order valence-corrected chi connectivity index (χ0v) is 16.1. The molecule has 1 aromatic heterocycles. The van der Waals surface area contributed by atoms with Crippen LogP contribution in [0, 0.1) is 6.92 Å². The van der Waals surface area contributed by atoms with E-state index in [2.05, 4.69) is 10.6 Å². The molecule has 0 amide bonds. The molecular formula is C19H19ClN4OS. The first kappa shape index (κ1) is 18.2. The Morgan fingerprint density at radius 3 is 2.42 bits per heavy atom. The van der Waals surface area contributed by atoms with Crippen LogP contribution in [0.3, 0.4) is 0 Å². The molecule has 3 aromatic rings. The van der Waals surface area contributed by atoms with E-state index in [0.29, 0.717) is 22.4 Å². The molecule has 0 bridgehead atoms. The molecule has 0 radical (unpaired) electrons. The highest BCUT2D eigenvalue weighted by Gasteiger charge is 2.16. The minimum absolute atomic E-state index is 0.146. The van der Waals surface area contributed by atoms with Crippen LogP contribution in [-0.2, 0) is 13.6 Å². The van der Waals surface area contributed by atoms with Crippen LogP contribution in [0.1, 0.15) is 11.3 Å². The Balaban J connectivity index is 1.76. The Morgan fingerprint density at radius 2 is 1.77 bits per heavy atom. The van der Waals surface area contributed by atoms with Gasteiger partial charge in [-0.2, -0.15) is 0 Å². The highest BCUT2D eigenvalue weighted by atomic mass is 35.5. The molecule has 0 saturated heterocycles. The molecule has 0 aliphatic carbocycles. The van der Waals surface area contributed by atoms with E-state index in [9.17, 15) is 4.79 Å². The van der Waals surface area contributed by atoms with Crippen molar-refractivity contribution < 1.29 is 0 Å². The third kappa shape index (κ3) is 3.81. The first-order valence-electron chi connectivity index (χ1n) is 8.10. The van der Waals surface area contributed by atoms with Crippen LogP contribution in [-0.4, -0.2) is 14.5 Å². The zero-order chi connectivity index (χ0) is 18.7. The van der Waals surface area contributed by atoms with Crippen molar-refractivity contribution in [1.29, 1.82) is 0 Å². The molecular weight excluding hydrogens is 368 g/mol. The second-order valence-corrected chi connectivity index (χ2v) is 6.72. The van der Waals surface area contributed by atoms with Crippen LogP contribution < -0.4 is 16.2 Å². The molecule has 0 aliphatic rings. The molecule has 0 spiro atoms. The highest BCUT2D eigenvalue weighted by Crippen LogP contribution is 2.14. The Morgan fingerprint density at radius 1 is 1.12 bits per heavy atom. The average molecular weight is 387 g/mol. The molecule has 2 aromatic carbocycles. The molecule has 26 heavy (non-hydrogen) atoms. The van der Waals surface area contributed by atoms with Crippen LogP contribution in [0.15, 0.2) is 59.4 Å². The van der Waals surface area contributed by atoms with Crippen molar-refractivity contribution in [1.82, 2.24) is 14.7 Å². The minimum Gasteiger partial charge on any atom is -0.358 e. The molecule has 1 heterocycles. The summed E-state index contributed by atoms with van der Waals surface area (Å²) in [6.45, 7) is 2.42. The molecule has 7 heteroatoms. The number of nitrogens with zero attached hydrogens (tertiary/aromatic N) is 2. The monoisotopic (exact) mass is 386 g/mol. The number of halogens is 1. The Kier molecular flexibility index (Phi) is 5.44. The molecule has 5 nitrogen and oxygen atoms in total. The molecule has 0 saturated carbocycles. The van der Waals surface area contributed by atoms with E-state index in [4.69, 9.17) is 23.8 Å². The maximum atomic E-state index is 12.8. The number of para-hydroxylation sites is 1. The van der Waals surface area contributed by atoms with E-state index in [1.807, 2.05) is 73.3 Å². The van der Waals surface area contributed by atoms with Gasteiger partial charge in [0.15, 0.2) is 5.11 Å². The van der Waals surface area contributed by atoms with Crippen molar-refractivity contribution >= 4 is 34.6 Å². The van der Waals surface area contributed by atoms with E-state index in [1.165, 1.54) is 0 Å². The number of rotatable bonds is 4. The van der Waals surface area contributed by atoms with Crippen LogP contribution >= 0.6 is 23.8 Å². The number of benzene rings is 2. The van der Waals surface area contributed by atoms with Crippen LogP contribution in [0.5, 0.6) is 0 Å². The molecule has 3 rings (SSSR count). The van der Waals surface area contributed by atoms with Gasteiger partial charge in [-0.05, 0) is 49.0 Å². The minimum atomic E-state index is -0.146. The van der Waals surface area contributed by atoms with Gasteiger partial charge in [0.1, 0.15) is 5.69 Å². The van der Waals surface area contributed by atoms with E-state index < -0.39 is 0 Å². The van der Waals surface area contributed by atoms with Crippen molar-refractivity contribution in [3.05, 3.63) is 81.2 Å². The number of nitrogens with one attached hydrogen (secondary N) is 2. The largest absolute Gasteiger partial charge is 0.358 e. The van der Waals surface area contributed by atoms with Gasteiger partial charge in [0, 0.05) is 18.6 Å².